The number of amides is 1. The lowest BCUT2D eigenvalue weighted by Crippen LogP contribution is -2.26. The Bertz CT molecular complexity index is 1220. The van der Waals surface area contributed by atoms with Crippen molar-refractivity contribution >= 4 is 11.6 Å². The highest BCUT2D eigenvalue weighted by atomic mass is 16.5. The number of carbonyl (C=O) groups is 1. The van der Waals surface area contributed by atoms with E-state index in [4.69, 9.17) is 14.2 Å². The zero-order valence-corrected chi connectivity index (χ0v) is 21.7. The van der Waals surface area contributed by atoms with Gasteiger partial charge in [-0.15, -0.1) is 0 Å². The van der Waals surface area contributed by atoms with Crippen LogP contribution in [0.15, 0.2) is 40.7 Å². The number of rotatable bonds is 8. The molecule has 0 radical (unpaired) electrons. The summed E-state index contributed by atoms with van der Waals surface area (Å²) in [4.78, 5) is 25.4. The van der Waals surface area contributed by atoms with E-state index in [0.29, 0.717) is 42.3 Å². The van der Waals surface area contributed by atoms with Crippen molar-refractivity contribution in [3.05, 3.63) is 57.3 Å². The molecule has 2 aromatic carbocycles. The van der Waals surface area contributed by atoms with Crippen LogP contribution in [0.2, 0.25) is 0 Å². The standard InChI is InChI=1S/C29H36N2O5/c1-18(32)31-23-12-10-20-16-26(34-2)28(35-3)29(36-4)27(20)21-11-13-24(25(33)17-22(21)23)30-15-14-19-8-6-5-7-9-19/h8,11,13,16-17,23H,5-7,9-10,12,14-15H2,1-4H3,(H,30,33)(H,31,32)/t23-/m1/s1. The van der Waals surface area contributed by atoms with Gasteiger partial charge in [0.2, 0.25) is 17.1 Å². The van der Waals surface area contributed by atoms with Crippen molar-refractivity contribution in [1.29, 1.82) is 0 Å². The number of nitrogens with one attached hydrogen (secondary N) is 2. The minimum absolute atomic E-state index is 0.105. The van der Waals surface area contributed by atoms with Crippen molar-refractivity contribution in [2.75, 3.05) is 33.2 Å². The molecule has 0 spiro atoms. The molecule has 0 saturated carbocycles. The van der Waals surface area contributed by atoms with Gasteiger partial charge in [0, 0.05) is 19.0 Å². The van der Waals surface area contributed by atoms with E-state index in [1.165, 1.54) is 25.3 Å². The van der Waals surface area contributed by atoms with Gasteiger partial charge in [-0.2, -0.15) is 0 Å². The van der Waals surface area contributed by atoms with Crippen molar-refractivity contribution in [1.82, 2.24) is 5.32 Å². The normalized spacial score (nSPS) is 16.6. The summed E-state index contributed by atoms with van der Waals surface area (Å²) in [5.74, 6) is 1.48. The summed E-state index contributed by atoms with van der Waals surface area (Å²) in [6.07, 6.45) is 9.37. The van der Waals surface area contributed by atoms with Crippen molar-refractivity contribution in [3.8, 4) is 28.4 Å². The lowest BCUT2D eigenvalue weighted by Gasteiger charge is -2.19. The van der Waals surface area contributed by atoms with Gasteiger partial charge in [0.15, 0.2) is 11.5 Å². The highest BCUT2D eigenvalue weighted by molar-refractivity contribution is 5.83. The van der Waals surface area contributed by atoms with Gasteiger partial charge < -0.3 is 24.8 Å². The predicted octanol–water partition coefficient (Wildman–Crippen LogP) is 5.17. The smallest absolute Gasteiger partial charge is 0.217 e. The Labute approximate surface area is 212 Å². The zero-order valence-electron chi connectivity index (χ0n) is 21.7. The second kappa shape index (κ2) is 11.5. The lowest BCUT2D eigenvalue weighted by atomic mass is 9.95. The van der Waals surface area contributed by atoms with Crippen LogP contribution in [0.1, 0.15) is 62.6 Å². The molecule has 1 atom stereocenters. The van der Waals surface area contributed by atoms with E-state index in [0.717, 1.165) is 41.5 Å². The largest absolute Gasteiger partial charge is 0.493 e. The highest BCUT2D eigenvalue weighted by Crippen LogP contribution is 2.50. The second-order valence-corrected chi connectivity index (χ2v) is 9.38. The van der Waals surface area contributed by atoms with Crippen LogP contribution < -0.4 is 30.3 Å². The molecule has 0 fully saturated rings. The molecule has 7 heteroatoms. The number of hydrogen-bond donors (Lipinski definition) is 2. The topological polar surface area (TPSA) is 85.9 Å². The molecule has 4 rings (SSSR count). The molecular formula is C29H36N2O5. The molecule has 0 heterocycles. The first-order valence-electron chi connectivity index (χ1n) is 12.7. The number of ether oxygens (including phenoxy) is 3. The molecule has 2 N–H and O–H groups in total. The summed E-state index contributed by atoms with van der Waals surface area (Å²) in [5, 5.41) is 6.40. The van der Waals surface area contributed by atoms with Crippen LogP contribution in [0.25, 0.3) is 11.1 Å². The molecule has 0 unspecified atom stereocenters. The maximum atomic E-state index is 13.3. The van der Waals surface area contributed by atoms with Gasteiger partial charge in [-0.1, -0.05) is 17.7 Å². The molecule has 2 aromatic rings. The summed E-state index contributed by atoms with van der Waals surface area (Å²) in [7, 11) is 4.77. The number of carbonyl (C=O) groups excluding carboxylic acids is 1. The molecule has 1 amide bonds. The first kappa shape index (κ1) is 25.6. The number of anilines is 1. The van der Waals surface area contributed by atoms with Crippen LogP contribution in [-0.2, 0) is 11.2 Å². The first-order valence-corrected chi connectivity index (χ1v) is 12.7. The molecule has 2 aliphatic carbocycles. The monoisotopic (exact) mass is 492 g/mol. The van der Waals surface area contributed by atoms with Gasteiger partial charge in [-0.25, -0.2) is 0 Å². The van der Waals surface area contributed by atoms with Crippen LogP contribution in [-0.4, -0.2) is 33.8 Å². The molecule has 0 aliphatic heterocycles. The lowest BCUT2D eigenvalue weighted by molar-refractivity contribution is -0.119. The number of benzene rings is 1. The number of hydrogen-bond acceptors (Lipinski definition) is 6. The van der Waals surface area contributed by atoms with E-state index in [-0.39, 0.29) is 17.4 Å². The van der Waals surface area contributed by atoms with Crippen LogP contribution >= 0.6 is 0 Å². The fourth-order valence-corrected chi connectivity index (χ4v) is 5.34. The Morgan fingerprint density at radius 2 is 1.83 bits per heavy atom. The van der Waals surface area contributed by atoms with E-state index >= 15 is 0 Å². The average Bonchev–Trinajstić information content (AvgIpc) is 3.12. The molecule has 2 aliphatic rings. The molecule has 36 heavy (non-hydrogen) atoms. The highest BCUT2D eigenvalue weighted by Gasteiger charge is 2.29. The quantitative estimate of drug-likeness (QED) is 0.495. The SMILES string of the molecule is COc1cc2c(c(OC)c1OC)-c1ccc(NCCC3=CCCCC3)c(=O)cc1[C@H](NC(C)=O)CC2. The second-order valence-electron chi connectivity index (χ2n) is 9.38. The van der Waals surface area contributed by atoms with E-state index < -0.39 is 0 Å². The number of aryl methyl sites for hydroxylation is 1. The van der Waals surface area contributed by atoms with Crippen molar-refractivity contribution in [2.45, 2.75) is 57.9 Å². The zero-order chi connectivity index (χ0) is 25.7. The predicted molar refractivity (Wildman–Crippen MR) is 142 cm³/mol. The van der Waals surface area contributed by atoms with Crippen LogP contribution in [0.4, 0.5) is 5.69 Å². The fourth-order valence-electron chi connectivity index (χ4n) is 5.34. The number of allylic oxidation sites excluding steroid dienone is 1. The molecule has 0 aromatic heterocycles. The maximum Gasteiger partial charge on any atom is 0.217 e. The molecule has 192 valence electrons. The minimum atomic E-state index is -0.313. The summed E-state index contributed by atoms with van der Waals surface area (Å²) in [6.45, 7) is 2.20. The molecular weight excluding hydrogens is 456 g/mol. The van der Waals surface area contributed by atoms with Crippen molar-refractivity contribution < 1.29 is 19.0 Å². The van der Waals surface area contributed by atoms with E-state index in [1.54, 1.807) is 27.4 Å². The number of methoxy groups -OCH3 is 3. The first-order chi connectivity index (χ1) is 17.5. The summed E-state index contributed by atoms with van der Waals surface area (Å²) >= 11 is 0. The van der Waals surface area contributed by atoms with Gasteiger partial charge >= 0.3 is 0 Å². The molecule has 7 nitrogen and oxygen atoms in total. The molecule has 0 saturated heterocycles. The summed E-state index contributed by atoms with van der Waals surface area (Å²) in [6, 6.07) is 7.09. The fraction of sp³-hybridized carbons (Fsp3) is 0.448. The Balaban J connectivity index is 1.81. The van der Waals surface area contributed by atoms with Crippen LogP contribution in [0, 0.1) is 0 Å². The summed E-state index contributed by atoms with van der Waals surface area (Å²) in [5.41, 5.74) is 5.36. The van der Waals surface area contributed by atoms with E-state index in [1.807, 2.05) is 18.2 Å². The van der Waals surface area contributed by atoms with Crippen molar-refractivity contribution in [2.24, 2.45) is 0 Å². The van der Waals surface area contributed by atoms with Crippen LogP contribution in [0.5, 0.6) is 17.2 Å². The third-order valence-corrected chi connectivity index (χ3v) is 7.06. The average molecular weight is 493 g/mol. The van der Waals surface area contributed by atoms with Gasteiger partial charge in [0.25, 0.3) is 0 Å². The van der Waals surface area contributed by atoms with Gasteiger partial charge in [-0.05, 0) is 79.8 Å². The molecule has 0 bridgehead atoms. The van der Waals surface area contributed by atoms with Crippen LogP contribution in [0.3, 0.4) is 0 Å². The van der Waals surface area contributed by atoms with Gasteiger partial charge in [0.1, 0.15) is 0 Å². The maximum absolute atomic E-state index is 13.3. The third-order valence-electron chi connectivity index (χ3n) is 7.06. The Hall–Kier alpha value is -3.48. The number of fused-ring (bicyclic) bond motifs is 3. The Morgan fingerprint density at radius 1 is 1.03 bits per heavy atom. The minimum Gasteiger partial charge on any atom is -0.493 e. The Morgan fingerprint density at radius 3 is 2.50 bits per heavy atom. The van der Waals surface area contributed by atoms with E-state index in [2.05, 4.69) is 16.7 Å². The van der Waals surface area contributed by atoms with Crippen molar-refractivity contribution in [3.63, 3.8) is 0 Å². The third kappa shape index (κ3) is 5.35. The summed E-state index contributed by atoms with van der Waals surface area (Å²) < 4.78 is 17.1. The Kier molecular flexibility index (Phi) is 8.18. The van der Waals surface area contributed by atoms with E-state index in [9.17, 15) is 9.59 Å². The van der Waals surface area contributed by atoms with Gasteiger partial charge in [0.05, 0.1) is 33.1 Å². The van der Waals surface area contributed by atoms with Gasteiger partial charge in [-0.3, -0.25) is 9.59 Å².